The molecule has 0 fully saturated rings. The van der Waals surface area contributed by atoms with Crippen LogP contribution in [-0.4, -0.2) is 51.6 Å². The minimum absolute atomic E-state index is 0.00875. The predicted molar refractivity (Wildman–Crippen MR) is 126 cm³/mol. The van der Waals surface area contributed by atoms with E-state index in [1.165, 1.54) is 11.1 Å². The number of aromatic nitrogens is 3. The highest BCUT2D eigenvalue weighted by atomic mass is 16.2. The molecule has 6 heteroatoms. The summed E-state index contributed by atoms with van der Waals surface area (Å²) in [7, 11) is 5.95. The Labute approximate surface area is 188 Å². The van der Waals surface area contributed by atoms with Gasteiger partial charge < -0.3 is 9.80 Å². The monoisotopic (exact) mass is 425 g/mol. The lowest BCUT2D eigenvalue weighted by atomic mass is 10.0. The van der Waals surface area contributed by atoms with E-state index in [4.69, 9.17) is 0 Å². The van der Waals surface area contributed by atoms with E-state index in [0.717, 1.165) is 23.4 Å². The summed E-state index contributed by atoms with van der Waals surface area (Å²) in [5.41, 5.74) is 6.19. The maximum Gasteiger partial charge on any atom is 0.253 e. The zero-order valence-corrected chi connectivity index (χ0v) is 18.6. The van der Waals surface area contributed by atoms with Crippen LogP contribution in [0.3, 0.4) is 0 Å². The molecule has 162 valence electrons. The zero-order valence-electron chi connectivity index (χ0n) is 18.6. The van der Waals surface area contributed by atoms with Gasteiger partial charge >= 0.3 is 0 Å². The van der Waals surface area contributed by atoms with Gasteiger partial charge in [0.05, 0.1) is 0 Å². The second-order valence-electron chi connectivity index (χ2n) is 8.16. The second kappa shape index (κ2) is 9.58. The SMILES string of the molecule is CN(C)Cc1ccccc1CN(C)C(=O)c1ccc(-c2cccc(-n3cnnc3)c2)cc1. The van der Waals surface area contributed by atoms with Crippen molar-refractivity contribution in [2.45, 2.75) is 13.1 Å². The van der Waals surface area contributed by atoms with Gasteiger partial charge in [-0.1, -0.05) is 48.5 Å². The Bertz CT molecular complexity index is 1180. The maximum absolute atomic E-state index is 13.0. The highest BCUT2D eigenvalue weighted by molar-refractivity contribution is 5.94. The number of rotatable bonds is 7. The van der Waals surface area contributed by atoms with Crippen LogP contribution in [0.25, 0.3) is 16.8 Å². The Morgan fingerprint density at radius 2 is 1.44 bits per heavy atom. The lowest BCUT2D eigenvalue weighted by Crippen LogP contribution is -2.27. The van der Waals surface area contributed by atoms with E-state index >= 15 is 0 Å². The molecule has 1 amide bonds. The maximum atomic E-state index is 13.0. The molecule has 0 saturated carbocycles. The summed E-state index contributed by atoms with van der Waals surface area (Å²) >= 11 is 0. The van der Waals surface area contributed by atoms with Crippen molar-refractivity contribution in [1.29, 1.82) is 0 Å². The fourth-order valence-corrected chi connectivity index (χ4v) is 3.74. The summed E-state index contributed by atoms with van der Waals surface area (Å²) in [6.07, 6.45) is 3.35. The van der Waals surface area contributed by atoms with Crippen LogP contribution in [0.4, 0.5) is 0 Å². The zero-order chi connectivity index (χ0) is 22.5. The molecule has 32 heavy (non-hydrogen) atoms. The standard InChI is InChI=1S/C26H27N5O/c1-29(2)16-23-7-4-5-8-24(23)17-30(3)26(32)21-13-11-20(12-14-21)22-9-6-10-25(15-22)31-18-27-28-19-31/h4-15,18-19H,16-17H2,1-3H3. The molecule has 0 aliphatic heterocycles. The molecule has 1 heterocycles. The van der Waals surface area contributed by atoms with Gasteiger partial charge in [-0.05, 0) is 60.6 Å². The number of amides is 1. The number of carbonyl (C=O) groups excluding carboxylic acids is 1. The van der Waals surface area contributed by atoms with E-state index in [0.29, 0.717) is 12.1 Å². The van der Waals surface area contributed by atoms with Gasteiger partial charge in [0.25, 0.3) is 5.91 Å². The van der Waals surface area contributed by atoms with Crippen molar-refractivity contribution in [1.82, 2.24) is 24.6 Å². The number of benzene rings is 3. The summed E-state index contributed by atoms with van der Waals surface area (Å²) in [5, 5.41) is 7.73. The van der Waals surface area contributed by atoms with Gasteiger partial charge in [-0.3, -0.25) is 9.36 Å². The van der Waals surface area contributed by atoms with E-state index in [-0.39, 0.29) is 5.91 Å². The molecule has 0 unspecified atom stereocenters. The molecule has 3 aromatic carbocycles. The third-order valence-electron chi connectivity index (χ3n) is 5.39. The quantitative estimate of drug-likeness (QED) is 0.444. The Morgan fingerprint density at radius 1 is 0.781 bits per heavy atom. The molecular weight excluding hydrogens is 398 g/mol. The van der Waals surface area contributed by atoms with Crippen LogP contribution < -0.4 is 0 Å². The van der Waals surface area contributed by atoms with Crippen molar-refractivity contribution >= 4 is 5.91 Å². The fourth-order valence-electron chi connectivity index (χ4n) is 3.74. The fraction of sp³-hybridized carbons (Fsp3) is 0.192. The molecular formula is C26H27N5O. The highest BCUT2D eigenvalue weighted by Crippen LogP contribution is 2.23. The average molecular weight is 426 g/mol. The Morgan fingerprint density at radius 3 is 2.09 bits per heavy atom. The predicted octanol–water partition coefficient (Wildman–Crippen LogP) is 4.27. The summed E-state index contributed by atoms with van der Waals surface area (Å²) in [6.45, 7) is 1.42. The summed E-state index contributed by atoms with van der Waals surface area (Å²) in [5.74, 6) is 0.00875. The van der Waals surface area contributed by atoms with E-state index < -0.39 is 0 Å². The van der Waals surface area contributed by atoms with Crippen LogP contribution >= 0.6 is 0 Å². The van der Waals surface area contributed by atoms with E-state index in [9.17, 15) is 4.79 Å². The lowest BCUT2D eigenvalue weighted by molar-refractivity contribution is 0.0784. The van der Waals surface area contributed by atoms with Crippen LogP contribution in [0.1, 0.15) is 21.5 Å². The van der Waals surface area contributed by atoms with Crippen LogP contribution in [0.2, 0.25) is 0 Å². The van der Waals surface area contributed by atoms with Gasteiger partial charge in [0.15, 0.2) is 0 Å². The molecule has 0 saturated heterocycles. The number of hydrogen-bond donors (Lipinski definition) is 0. The Hall–Kier alpha value is -3.77. The molecule has 4 aromatic rings. The smallest absolute Gasteiger partial charge is 0.253 e. The molecule has 0 aliphatic carbocycles. The molecule has 0 radical (unpaired) electrons. The van der Waals surface area contributed by atoms with Crippen LogP contribution in [-0.2, 0) is 13.1 Å². The van der Waals surface area contributed by atoms with E-state index in [2.05, 4.69) is 53.5 Å². The first kappa shape index (κ1) is 21.5. The first-order valence-corrected chi connectivity index (χ1v) is 10.5. The minimum atomic E-state index is 0.00875. The van der Waals surface area contributed by atoms with Gasteiger partial charge in [0.2, 0.25) is 0 Å². The van der Waals surface area contributed by atoms with Crippen LogP contribution in [0.15, 0.2) is 85.5 Å². The number of carbonyl (C=O) groups is 1. The highest BCUT2D eigenvalue weighted by Gasteiger charge is 2.14. The minimum Gasteiger partial charge on any atom is -0.337 e. The average Bonchev–Trinajstić information content (AvgIpc) is 3.35. The van der Waals surface area contributed by atoms with Crippen molar-refractivity contribution in [2.75, 3.05) is 21.1 Å². The molecule has 0 atom stereocenters. The summed E-state index contributed by atoms with van der Waals surface area (Å²) < 4.78 is 1.87. The summed E-state index contributed by atoms with van der Waals surface area (Å²) in [4.78, 5) is 16.9. The number of hydrogen-bond acceptors (Lipinski definition) is 4. The van der Waals surface area contributed by atoms with Crippen molar-refractivity contribution in [3.63, 3.8) is 0 Å². The van der Waals surface area contributed by atoms with Crippen LogP contribution in [0.5, 0.6) is 0 Å². The molecule has 0 aliphatic rings. The second-order valence-corrected chi connectivity index (χ2v) is 8.16. The topological polar surface area (TPSA) is 54.3 Å². The van der Waals surface area contributed by atoms with Crippen molar-refractivity contribution in [2.24, 2.45) is 0 Å². The molecule has 4 rings (SSSR count). The van der Waals surface area contributed by atoms with Gasteiger partial charge in [-0.25, -0.2) is 0 Å². The lowest BCUT2D eigenvalue weighted by Gasteiger charge is -2.21. The van der Waals surface area contributed by atoms with Gasteiger partial charge in [0, 0.05) is 31.4 Å². The van der Waals surface area contributed by atoms with Gasteiger partial charge in [-0.15, -0.1) is 10.2 Å². The van der Waals surface area contributed by atoms with Crippen LogP contribution in [0, 0.1) is 0 Å². The molecule has 0 spiro atoms. The molecule has 6 nitrogen and oxygen atoms in total. The Kier molecular flexibility index (Phi) is 6.42. The van der Waals surface area contributed by atoms with E-state index in [1.54, 1.807) is 17.6 Å². The number of nitrogens with zero attached hydrogens (tertiary/aromatic N) is 5. The molecule has 0 bridgehead atoms. The summed E-state index contributed by atoms with van der Waals surface area (Å²) in [6, 6.07) is 24.2. The first-order chi connectivity index (χ1) is 15.5. The van der Waals surface area contributed by atoms with Gasteiger partial charge in [-0.2, -0.15) is 0 Å². The van der Waals surface area contributed by atoms with Gasteiger partial charge in [0.1, 0.15) is 12.7 Å². The molecule has 0 N–H and O–H groups in total. The van der Waals surface area contributed by atoms with E-state index in [1.807, 2.05) is 60.1 Å². The largest absolute Gasteiger partial charge is 0.337 e. The molecule has 1 aromatic heterocycles. The normalized spacial score (nSPS) is 11.0. The van der Waals surface area contributed by atoms with Crippen molar-refractivity contribution < 1.29 is 4.79 Å². The first-order valence-electron chi connectivity index (χ1n) is 10.5. The van der Waals surface area contributed by atoms with Crippen molar-refractivity contribution in [3.05, 3.63) is 102 Å². The third kappa shape index (κ3) is 4.92. The Balaban J connectivity index is 1.49. The van der Waals surface area contributed by atoms with Crippen molar-refractivity contribution in [3.8, 4) is 16.8 Å². The third-order valence-corrected chi connectivity index (χ3v) is 5.39.